The molecule has 3 nitrogen and oxygen atoms in total. The molecule has 0 aromatic heterocycles. The Morgan fingerprint density at radius 1 is 1.06 bits per heavy atom. The van der Waals surface area contributed by atoms with Crippen molar-refractivity contribution in [3.63, 3.8) is 0 Å². The minimum atomic E-state index is -0.280. The average molecular weight is 221 g/mol. The van der Waals surface area contributed by atoms with Crippen LogP contribution in [-0.2, 0) is 5.54 Å². The second-order valence-electron chi connectivity index (χ2n) is 4.40. The Labute approximate surface area is 96.5 Å². The molecule has 1 aromatic carbocycles. The lowest BCUT2D eigenvalue weighted by atomic mass is 9.88. The zero-order chi connectivity index (χ0) is 11.6. The van der Waals surface area contributed by atoms with Crippen LogP contribution in [0.15, 0.2) is 18.2 Å². The van der Waals surface area contributed by atoms with E-state index in [1.54, 1.807) is 14.2 Å². The van der Waals surface area contributed by atoms with Crippen LogP contribution in [0.25, 0.3) is 0 Å². The molecule has 1 aliphatic rings. The zero-order valence-electron chi connectivity index (χ0n) is 9.95. The lowest BCUT2D eigenvalue weighted by Crippen LogP contribution is -2.34. The summed E-state index contributed by atoms with van der Waals surface area (Å²) in [6.07, 6.45) is 4.36. The molecular weight excluding hydrogens is 202 g/mol. The van der Waals surface area contributed by atoms with Crippen LogP contribution in [0.4, 0.5) is 0 Å². The van der Waals surface area contributed by atoms with Gasteiger partial charge in [0.1, 0.15) is 11.5 Å². The number of benzene rings is 1. The van der Waals surface area contributed by atoms with Gasteiger partial charge in [-0.2, -0.15) is 0 Å². The molecule has 1 fully saturated rings. The van der Waals surface area contributed by atoms with Gasteiger partial charge in [-0.1, -0.05) is 18.9 Å². The van der Waals surface area contributed by atoms with Crippen molar-refractivity contribution >= 4 is 0 Å². The van der Waals surface area contributed by atoms with Crippen LogP contribution < -0.4 is 15.2 Å². The van der Waals surface area contributed by atoms with Gasteiger partial charge in [-0.3, -0.25) is 0 Å². The molecule has 16 heavy (non-hydrogen) atoms. The number of methoxy groups -OCH3 is 2. The first-order valence-corrected chi connectivity index (χ1v) is 5.71. The van der Waals surface area contributed by atoms with Crippen molar-refractivity contribution in [2.45, 2.75) is 31.2 Å². The molecule has 0 aliphatic heterocycles. The highest BCUT2D eigenvalue weighted by atomic mass is 16.5. The Morgan fingerprint density at radius 3 is 2.00 bits per heavy atom. The number of hydrogen-bond acceptors (Lipinski definition) is 3. The number of hydrogen-bond donors (Lipinski definition) is 1. The van der Waals surface area contributed by atoms with E-state index in [9.17, 15) is 0 Å². The van der Waals surface area contributed by atoms with E-state index in [-0.39, 0.29) is 5.54 Å². The largest absolute Gasteiger partial charge is 0.496 e. The van der Waals surface area contributed by atoms with E-state index >= 15 is 0 Å². The van der Waals surface area contributed by atoms with Crippen LogP contribution in [0.3, 0.4) is 0 Å². The lowest BCUT2D eigenvalue weighted by Gasteiger charge is -2.28. The predicted molar refractivity (Wildman–Crippen MR) is 63.9 cm³/mol. The zero-order valence-corrected chi connectivity index (χ0v) is 9.95. The molecule has 1 saturated carbocycles. The Morgan fingerprint density at radius 2 is 1.56 bits per heavy atom. The van der Waals surface area contributed by atoms with E-state index in [2.05, 4.69) is 0 Å². The van der Waals surface area contributed by atoms with Gasteiger partial charge < -0.3 is 15.2 Å². The molecule has 0 atom stereocenters. The Hall–Kier alpha value is -1.22. The summed E-state index contributed by atoms with van der Waals surface area (Å²) in [5, 5.41) is 0. The molecule has 0 heterocycles. The fourth-order valence-corrected chi connectivity index (χ4v) is 2.60. The lowest BCUT2D eigenvalue weighted by molar-refractivity contribution is 0.348. The van der Waals surface area contributed by atoms with Crippen LogP contribution in [0.1, 0.15) is 31.2 Å². The summed E-state index contributed by atoms with van der Waals surface area (Å²) in [5.74, 6) is 1.67. The van der Waals surface area contributed by atoms with E-state index in [1.807, 2.05) is 18.2 Å². The van der Waals surface area contributed by atoms with Crippen LogP contribution in [-0.4, -0.2) is 14.2 Å². The maximum atomic E-state index is 6.47. The second kappa shape index (κ2) is 4.34. The van der Waals surface area contributed by atoms with Gasteiger partial charge in [-0.25, -0.2) is 0 Å². The molecule has 1 aliphatic carbocycles. The molecule has 0 amide bonds. The van der Waals surface area contributed by atoms with Gasteiger partial charge in [-0.15, -0.1) is 0 Å². The summed E-state index contributed by atoms with van der Waals surface area (Å²) < 4.78 is 10.8. The maximum Gasteiger partial charge on any atom is 0.127 e. The fourth-order valence-electron chi connectivity index (χ4n) is 2.60. The minimum Gasteiger partial charge on any atom is -0.496 e. The van der Waals surface area contributed by atoms with Crippen molar-refractivity contribution in [2.24, 2.45) is 5.73 Å². The second-order valence-corrected chi connectivity index (χ2v) is 4.40. The van der Waals surface area contributed by atoms with Crippen LogP contribution in [0.2, 0.25) is 0 Å². The van der Waals surface area contributed by atoms with Gasteiger partial charge >= 0.3 is 0 Å². The Bertz CT molecular complexity index is 348. The molecule has 1 aromatic rings. The molecule has 3 heteroatoms. The van der Waals surface area contributed by atoms with E-state index in [0.29, 0.717) is 0 Å². The average Bonchev–Trinajstić information content (AvgIpc) is 2.76. The number of nitrogens with two attached hydrogens (primary N) is 1. The highest BCUT2D eigenvalue weighted by Gasteiger charge is 2.36. The summed E-state index contributed by atoms with van der Waals surface area (Å²) in [5.41, 5.74) is 7.22. The topological polar surface area (TPSA) is 44.5 Å². The minimum absolute atomic E-state index is 0.280. The molecule has 88 valence electrons. The molecule has 2 rings (SSSR count). The Balaban J connectivity index is 2.51. The predicted octanol–water partition coefficient (Wildman–Crippen LogP) is 2.43. The van der Waals surface area contributed by atoms with Crippen molar-refractivity contribution in [3.8, 4) is 11.5 Å². The molecular formula is C13H19NO2. The highest BCUT2D eigenvalue weighted by Crippen LogP contribution is 2.44. The summed E-state index contributed by atoms with van der Waals surface area (Å²) in [6.45, 7) is 0. The quantitative estimate of drug-likeness (QED) is 0.852. The van der Waals surface area contributed by atoms with Gasteiger partial charge in [0.05, 0.1) is 19.8 Å². The molecule has 2 N–H and O–H groups in total. The third-order valence-electron chi connectivity index (χ3n) is 3.42. The maximum absolute atomic E-state index is 6.47. The van der Waals surface area contributed by atoms with Gasteiger partial charge in [0, 0.05) is 5.54 Å². The van der Waals surface area contributed by atoms with Crippen LogP contribution >= 0.6 is 0 Å². The summed E-state index contributed by atoms with van der Waals surface area (Å²) >= 11 is 0. The van der Waals surface area contributed by atoms with E-state index in [1.165, 1.54) is 12.8 Å². The number of ether oxygens (including phenoxy) is 2. The van der Waals surface area contributed by atoms with Gasteiger partial charge in [-0.05, 0) is 25.0 Å². The van der Waals surface area contributed by atoms with Crippen molar-refractivity contribution < 1.29 is 9.47 Å². The molecule has 0 saturated heterocycles. The summed E-state index contributed by atoms with van der Waals surface area (Å²) in [6, 6.07) is 5.83. The summed E-state index contributed by atoms with van der Waals surface area (Å²) in [7, 11) is 3.35. The van der Waals surface area contributed by atoms with Gasteiger partial charge in [0.15, 0.2) is 0 Å². The van der Waals surface area contributed by atoms with Crippen molar-refractivity contribution in [1.82, 2.24) is 0 Å². The normalized spacial score (nSPS) is 18.4. The first kappa shape index (κ1) is 11.3. The molecule has 0 spiro atoms. The van der Waals surface area contributed by atoms with Crippen molar-refractivity contribution in [3.05, 3.63) is 23.8 Å². The standard InChI is InChI=1S/C13H19NO2/c1-15-10-6-5-7-11(16-2)12(10)13(14)8-3-4-9-13/h5-7H,3-4,8-9,14H2,1-2H3. The Kier molecular flexibility index (Phi) is 3.06. The number of rotatable bonds is 3. The van der Waals surface area contributed by atoms with Crippen molar-refractivity contribution in [1.29, 1.82) is 0 Å². The van der Waals surface area contributed by atoms with E-state index in [4.69, 9.17) is 15.2 Å². The van der Waals surface area contributed by atoms with E-state index in [0.717, 1.165) is 29.9 Å². The van der Waals surface area contributed by atoms with E-state index < -0.39 is 0 Å². The first-order chi connectivity index (χ1) is 7.71. The van der Waals surface area contributed by atoms with Crippen LogP contribution in [0, 0.1) is 0 Å². The molecule has 0 bridgehead atoms. The third-order valence-corrected chi connectivity index (χ3v) is 3.42. The van der Waals surface area contributed by atoms with Gasteiger partial charge in [0.2, 0.25) is 0 Å². The van der Waals surface area contributed by atoms with Crippen LogP contribution in [0.5, 0.6) is 11.5 Å². The first-order valence-electron chi connectivity index (χ1n) is 5.71. The molecule has 0 radical (unpaired) electrons. The monoisotopic (exact) mass is 221 g/mol. The van der Waals surface area contributed by atoms with Gasteiger partial charge in [0.25, 0.3) is 0 Å². The highest BCUT2D eigenvalue weighted by molar-refractivity contribution is 5.49. The smallest absolute Gasteiger partial charge is 0.127 e. The summed E-state index contributed by atoms with van der Waals surface area (Å²) in [4.78, 5) is 0. The SMILES string of the molecule is COc1cccc(OC)c1C1(N)CCCC1. The molecule has 0 unspecified atom stereocenters. The third kappa shape index (κ3) is 1.76. The van der Waals surface area contributed by atoms with Crippen molar-refractivity contribution in [2.75, 3.05) is 14.2 Å². The fraction of sp³-hybridized carbons (Fsp3) is 0.538.